The van der Waals surface area contributed by atoms with Gasteiger partial charge in [-0.3, -0.25) is 9.78 Å². The molecule has 7 nitrogen and oxygen atoms in total. The lowest BCUT2D eigenvalue weighted by molar-refractivity contribution is -0.143. The molecule has 1 aromatic carbocycles. The van der Waals surface area contributed by atoms with Crippen LogP contribution in [-0.4, -0.2) is 33.0 Å². The van der Waals surface area contributed by atoms with Crippen molar-refractivity contribution in [3.8, 4) is 11.4 Å². The largest absolute Gasteiger partial charge is 0.496 e. The van der Waals surface area contributed by atoms with Gasteiger partial charge >= 0.3 is 6.18 Å². The van der Waals surface area contributed by atoms with Gasteiger partial charge in [0.25, 0.3) is 5.91 Å². The maximum atomic E-state index is 13.7. The number of nitrogens with one attached hydrogen (secondary N) is 1. The van der Waals surface area contributed by atoms with Crippen LogP contribution in [-0.2, 0) is 12.7 Å². The number of carbonyl (C=O) groups excluding carboxylic acids is 1. The zero-order chi connectivity index (χ0) is 22.1. The third kappa shape index (κ3) is 4.09. The molecule has 0 aliphatic rings. The molecule has 0 spiro atoms. The van der Waals surface area contributed by atoms with Gasteiger partial charge in [-0.15, -0.1) is 5.10 Å². The molecule has 3 rings (SSSR count). The van der Waals surface area contributed by atoms with Crippen molar-refractivity contribution in [3.05, 3.63) is 64.5 Å². The smallest absolute Gasteiger partial charge is 0.435 e. The fourth-order valence-corrected chi connectivity index (χ4v) is 2.97. The lowest BCUT2D eigenvalue weighted by Crippen LogP contribution is -2.27. The molecule has 3 aromatic rings. The number of nitrogens with zero attached hydrogens (tertiary/aromatic N) is 4. The highest BCUT2D eigenvalue weighted by atomic mass is 19.4. The van der Waals surface area contributed by atoms with E-state index in [9.17, 15) is 22.4 Å². The summed E-state index contributed by atoms with van der Waals surface area (Å²) in [4.78, 5) is 16.7. The molecular formula is C19H17F4N5O2. The summed E-state index contributed by atoms with van der Waals surface area (Å²) in [7, 11) is 1.48. The Morgan fingerprint density at radius 1 is 1.27 bits per heavy atom. The van der Waals surface area contributed by atoms with Gasteiger partial charge in [0.05, 0.1) is 25.0 Å². The molecule has 0 fully saturated rings. The van der Waals surface area contributed by atoms with Crippen molar-refractivity contribution in [1.82, 2.24) is 25.3 Å². The lowest BCUT2D eigenvalue weighted by atomic mass is 10.1. The van der Waals surface area contributed by atoms with E-state index in [0.29, 0.717) is 21.7 Å². The molecule has 0 atom stereocenters. The number of hydrogen-bond acceptors (Lipinski definition) is 5. The van der Waals surface area contributed by atoms with E-state index in [1.807, 2.05) is 0 Å². The van der Waals surface area contributed by atoms with E-state index in [1.165, 1.54) is 25.4 Å². The summed E-state index contributed by atoms with van der Waals surface area (Å²) >= 11 is 0. The molecule has 0 aliphatic carbocycles. The zero-order valence-corrected chi connectivity index (χ0v) is 16.2. The molecule has 2 aromatic heterocycles. The van der Waals surface area contributed by atoms with Crippen molar-refractivity contribution in [2.75, 3.05) is 7.11 Å². The Morgan fingerprint density at radius 2 is 2.00 bits per heavy atom. The summed E-state index contributed by atoms with van der Waals surface area (Å²) in [6, 6.07) is 4.38. The quantitative estimate of drug-likeness (QED) is 0.637. The standard InChI is InChI=1S/C19H17F4N5O2/c1-10-8-24-14(11(2)16(10)30-3)9-25-18(29)15-17(19(21,22)23)28(27-26-15)13-6-4-5-12(20)7-13/h4-8H,9H2,1-3H3,(H,25,29). The molecule has 0 saturated heterocycles. The molecule has 30 heavy (non-hydrogen) atoms. The summed E-state index contributed by atoms with van der Waals surface area (Å²) < 4.78 is 60.1. The van der Waals surface area contributed by atoms with Gasteiger partial charge < -0.3 is 10.1 Å². The fraction of sp³-hybridized carbons (Fsp3) is 0.263. The van der Waals surface area contributed by atoms with Gasteiger partial charge in [-0.25, -0.2) is 9.07 Å². The van der Waals surface area contributed by atoms with Crippen LogP contribution in [0.1, 0.15) is 33.0 Å². The van der Waals surface area contributed by atoms with E-state index in [-0.39, 0.29) is 12.2 Å². The third-order valence-electron chi connectivity index (χ3n) is 4.37. The summed E-state index contributed by atoms with van der Waals surface area (Å²) in [6.45, 7) is 3.37. The molecule has 0 saturated carbocycles. The fourth-order valence-electron chi connectivity index (χ4n) is 2.97. The maximum Gasteiger partial charge on any atom is 0.435 e. The van der Waals surface area contributed by atoms with Gasteiger partial charge in [-0.05, 0) is 32.0 Å². The number of ether oxygens (including phenoxy) is 1. The SMILES string of the molecule is COc1c(C)cnc(CNC(=O)c2nnn(-c3cccc(F)c3)c2C(F)(F)F)c1C. The molecule has 2 heterocycles. The number of aromatic nitrogens is 4. The number of alkyl halides is 3. The average molecular weight is 423 g/mol. The number of benzene rings is 1. The van der Waals surface area contributed by atoms with Gasteiger partial charge in [-0.2, -0.15) is 13.2 Å². The number of rotatable bonds is 5. The van der Waals surface area contributed by atoms with Crippen LogP contribution in [0.4, 0.5) is 17.6 Å². The Balaban J connectivity index is 1.92. The Labute approximate surface area is 168 Å². The van der Waals surface area contributed by atoms with Crippen molar-refractivity contribution in [3.63, 3.8) is 0 Å². The normalized spacial score (nSPS) is 11.4. The molecule has 11 heteroatoms. The topological polar surface area (TPSA) is 81.9 Å². The maximum absolute atomic E-state index is 13.7. The number of amides is 1. The minimum atomic E-state index is -4.95. The number of pyridine rings is 1. The minimum Gasteiger partial charge on any atom is -0.496 e. The molecule has 0 bridgehead atoms. The van der Waals surface area contributed by atoms with E-state index in [4.69, 9.17) is 4.74 Å². The van der Waals surface area contributed by atoms with Crippen molar-refractivity contribution in [2.24, 2.45) is 0 Å². The summed E-state index contributed by atoms with van der Waals surface area (Å²) in [5.41, 5.74) is -0.688. The van der Waals surface area contributed by atoms with Gasteiger partial charge in [0.2, 0.25) is 0 Å². The second-order valence-corrected chi connectivity index (χ2v) is 6.40. The molecular weight excluding hydrogens is 406 g/mol. The number of methoxy groups -OCH3 is 1. The van der Waals surface area contributed by atoms with Crippen molar-refractivity contribution in [2.45, 2.75) is 26.6 Å². The third-order valence-corrected chi connectivity index (χ3v) is 4.37. The van der Waals surface area contributed by atoms with Crippen LogP contribution in [0.5, 0.6) is 5.75 Å². The first-order chi connectivity index (χ1) is 14.1. The van der Waals surface area contributed by atoms with Crippen LogP contribution >= 0.6 is 0 Å². The summed E-state index contributed by atoms with van der Waals surface area (Å²) in [6.07, 6.45) is -3.42. The summed E-state index contributed by atoms with van der Waals surface area (Å²) in [5, 5.41) is 9.16. The van der Waals surface area contributed by atoms with E-state index >= 15 is 0 Å². The summed E-state index contributed by atoms with van der Waals surface area (Å²) in [5.74, 6) is -1.27. The Kier molecular flexibility index (Phi) is 5.72. The van der Waals surface area contributed by atoms with Crippen LogP contribution in [0.3, 0.4) is 0 Å². The first-order valence-electron chi connectivity index (χ1n) is 8.69. The zero-order valence-electron chi connectivity index (χ0n) is 16.2. The van der Waals surface area contributed by atoms with Crippen LogP contribution in [0.2, 0.25) is 0 Å². The van der Waals surface area contributed by atoms with E-state index in [2.05, 4.69) is 20.6 Å². The second-order valence-electron chi connectivity index (χ2n) is 6.40. The van der Waals surface area contributed by atoms with E-state index in [1.54, 1.807) is 13.8 Å². The first kappa shape index (κ1) is 21.2. The Morgan fingerprint density at radius 3 is 2.63 bits per heavy atom. The van der Waals surface area contributed by atoms with Crippen LogP contribution in [0, 0.1) is 19.7 Å². The van der Waals surface area contributed by atoms with Crippen LogP contribution in [0.15, 0.2) is 30.5 Å². The van der Waals surface area contributed by atoms with Gasteiger partial charge in [-0.1, -0.05) is 11.3 Å². The molecule has 0 aliphatic heterocycles. The number of hydrogen-bond donors (Lipinski definition) is 1. The van der Waals surface area contributed by atoms with E-state index < -0.39 is 29.3 Å². The highest BCUT2D eigenvalue weighted by Crippen LogP contribution is 2.33. The second kappa shape index (κ2) is 8.09. The first-order valence-corrected chi connectivity index (χ1v) is 8.69. The van der Waals surface area contributed by atoms with Crippen molar-refractivity contribution in [1.29, 1.82) is 0 Å². The predicted molar refractivity (Wildman–Crippen MR) is 97.8 cm³/mol. The highest BCUT2D eigenvalue weighted by molar-refractivity contribution is 5.93. The predicted octanol–water partition coefficient (Wildman–Crippen LogP) is 3.38. The van der Waals surface area contributed by atoms with Crippen LogP contribution in [0.25, 0.3) is 5.69 Å². The average Bonchev–Trinajstić information content (AvgIpc) is 3.13. The minimum absolute atomic E-state index is 0.147. The van der Waals surface area contributed by atoms with Crippen molar-refractivity contribution < 1.29 is 27.1 Å². The Hall–Kier alpha value is -3.50. The Bertz CT molecular complexity index is 1100. The van der Waals surface area contributed by atoms with Gasteiger partial charge in [0.1, 0.15) is 11.6 Å². The molecule has 1 N–H and O–H groups in total. The van der Waals surface area contributed by atoms with Crippen LogP contribution < -0.4 is 10.1 Å². The molecule has 1 amide bonds. The van der Waals surface area contributed by atoms with Crippen molar-refractivity contribution >= 4 is 5.91 Å². The monoisotopic (exact) mass is 423 g/mol. The van der Waals surface area contributed by atoms with Gasteiger partial charge in [0.15, 0.2) is 11.4 Å². The molecule has 158 valence electrons. The highest BCUT2D eigenvalue weighted by Gasteiger charge is 2.42. The van der Waals surface area contributed by atoms with E-state index in [0.717, 1.165) is 17.7 Å². The number of carbonyl (C=O) groups is 1. The molecule has 0 unspecified atom stereocenters. The number of aryl methyl sites for hydroxylation is 1. The number of halogens is 4. The van der Waals surface area contributed by atoms with Gasteiger partial charge in [0, 0.05) is 17.3 Å². The molecule has 0 radical (unpaired) electrons. The lowest BCUT2D eigenvalue weighted by Gasteiger charge is -2.13.